The zero-order chi connectivity index (χ0) is 25.9. The second kappa shape index (κ2) is 10.8. The number of hydrogen-bond donors (Lipinski definition) is 0. The smallest absolute Gasteiger partial charge is 0.227 e. The lowest BCUT2D eigenvalue weighted by Crippen LogP contribution is -2.52. The molecule has 2 saturated heterocycles. The Morgan fingerprint density at radius 1 is 0.816 bits per heavy atom. The SMILES string of the molecule is O=C(C1CCCN(c2ccc(-n3ccnc3-c3ccccc3)nn2)C1)N1CCN(c2ccccc2Cl)CC1. The van der Waals surface area contributed by atoms with Gasteiger partial charge in [-0.25, -0.2) is 4.98 Å². The minimum atomic E-state index is -0.0320. The van der Waals surface area contributed by atoms with Crippen LogP contribution in [0.5, 0.6) is 0 Å². The monoisotopic (exact) mass is 527 g/mol. The number of imidazole rings is 1. The third-order valence-corrected chi connectivity index (χ3v) is 7.75. The molecule has 2 aromatic heterocycles. The maximum atomic E-state index is 13.4. The number of rotatable bonds is 5. The summed E-state index contributed by atoms with van der Waals surface area (Å²) in [7, 11) is 0. The molecule has 0 spiro atoms. The van der Waals surface area contributed by atoms with Gasteiger partial charge in [0.1, 0.15) is 5.82 Å². The highest BCUT2D eigenvalue weighted by Crippen LogP contribution is 2.28. The van der Waals surface area contributed by atoms with Gasteiger partial charge >= 0.3 is 0 Å². The van der Waals surface area contributed by atoms with E-state index in [1.807, 2.05) is 82.4 Å². The van der Waals surface area contributed by atoms with Crippen molar-refractivity contribution in [3.05, 3.63) is 84.1 Å². The number of aromatic nitrogens is 4. The van der Waals surface area contributed by atoms with Crippen molar-refractivity contribution < 1.29 is 4.79 Å². The minimum absolute atomic E-state index is 0.0320. The van der Waals surface area contributed by atoms with Crippen molar-refractivity contribution in [3.63, 3.8) is 0 Å². The van der Waals surface area contributed by atoms with E-state index in [2.05, 4.69) is 25.0 Å². The lowest BCUT2D eigenvalue weighted by Gasteiger charge is -2.40. The van der Waals surface area contributed by atoms with Crippen LogP contribution in [0.3, 0.4) is 0 Å². The highest BCUT2D eigenvalue weighted by atomic mass is 35.5. The van der Waals surface area contributed by atoms with Gasteiger partial charge in [-0.3, -0.25) is 9.36 Å². The molecule has 1 atom stereocenters. The Bertz CT molecular complexity index is 1380. The van der Waals surface area contributed by atoms with Crippen LogP contribution in [0.2, 0.25) is 5.02 Å². The van der Waals surface area contributed by atoms with Crippen LogP contribution in [0, 0.1) is 5.92 Å². The molecule has 0 radical (unpaired) electrons. The summed E-state index contributed by atoms with van der Waals surface area (Å²) in [5, 5.41) is 9.80. The van der Waals surface area contributed by atoms with E-state index in [0.717, 1.165) is 60.4 Å². The molecule has 38 heavy (non-hydrogen) atoms. The zero-order valence-corrected chi connectivity index (χ0v) is 21.9. The van der Waals surface area contributed by atoms with Crippen molar-refractivity contribution in [2.24, 2.45) is 5.92 Å². The van der Waals surface area contributed by atoms with Crippen molar-refractivity contribution in [1.29, 1.82) is 0 Å². The van der Waals surface area contributed by atoms with E-state index >= 15 is 0 Å². The van der Waals surface area contributed by atoms with E-state index in [0.29, 0.717) is 25.5 Å². The Kier molecular flexibility index (Phi) is 6.96. The molecule has 2 aliphatic rings. The molecule has 8 nitrogen and oxygen atoms in total. The normalized spacial score (nSPS) is 18.0. The van der Waals surface area contributed by atoms with Crippen molar-refractivity contribution in [2.45, 2.75) is 12.8 Å². The Morgan fingerprint density at radius 3 is 2.32 bits per heavy atom. The molecule has 4 heterocycles. The molecule has 6 rings (SSSR count). The second-order valence-electron chi connectivity index (χ2n) is 9.79. The van der Waals surface area contributed by atoms with Crippen LogP contribution in [0.1, 0.15) is 12.8 Å². The summed E-state index contributed by atoms with van der Waals surface area (Å²) in [6.07, 6.45) is 5.53. The first-order valence-electron chi connectivity index (χ1n) is 13.1. The first-order valence-corrected chi connectivity index (χ1v) is 13.5. The standard InChI is InChI=1S/C29H30ClN7O/c30-24-10-4-5-11-25(24)34-17-19-35(20-18-34)29(38)23-9-6-15-36(21-23)26-12-13-27(33-32-26)37-16-14-31-28(37)22-7-2-1-3-8-22/h1-5,7-8,10-14,16,23H,6,9,15,17-21H2. The number of benzene rings is 2. The van der Waals surface area contributed by atoms with Gasteiger partial charge in [-0.15, -0.1) is 10.2 Å². The molecular weight excluding hydrogens is 498 g/mol. The van der Waals surface area contributed by atoms with Gasteiger partial charge in [-0.05, 0) is 37.1 Å². The van der Waals surface area contributed by atoms with E-state index in [-0.39, 0.29) is 11.8 Å². The molecule has 0 bridgehead atoms. The van der Waals surface area contributed by atoms with Crippen LogP contribution >= 0.6 is 11.6 Å². The first-order chi connectivity index (χ1) is 18.7. The first kappa shape index (κ1) is 24.4. The van der Waals surface area contributed by atoms with Crippen molar-refractivity contribution in [2.75, 3.05) is 49.1 Å². The van der Waals surface area contributed by atoms with Gasteiger partial charge < -0.3 is 14.7 Å². The number of amides is 1. The van der Waals surface area contributed by atoms with Gasteiger partial charge in [-0.1, -0.05) is 54.1 Å². The Hall–Kier alpha value is -3.91. The molecule has 1 unspecified atom stereocenters. The molecule has 2 aliphatic heterocycles. The van der Waals surface area contributed by atoms with E-state index in [1.165, 1.54) is 0 Å². The lowest BCUT2D eigenvalue weighted by molar-refractivity contribution is -0.136. The molecule has 0 N–H and O–H groups in total. The van der Waals surface area contributed by atoms with E-state index in [1.54, 1.807) is 6.20 Å². The fourth-order valence-corrected chi connectivity index (χ4v) is 5.68. The Labute approximate surface area is 227 Å². The van der Waals surface area contributed by atoms with Crippen LogP contribution in [0.15, 0.2) is 79.1 Å². The third kappa shape index (κ3) is 4.96. The molecule has 0 saturated carbocycles. The number of piperazine rings is 1. The fraction of sp³-hybridized carbons (Fsp3) is 0.310. The summed E-state index contributed by atoms with van der Waals surface area (Å²) in [5.41, 5.74) is 2.06. The summed E-state index contributed by atoms with van der Waals surface area (Å²) in [5.74, 6) is 2.55. The molecule has 2 aromatic carbocycles. The zero-order valence-electron chi connectivity index (χ0n) is 21.2. The summed E-state index contributed by atoms with van der Waals surface area (Å²) in [6, 6.07) is 21.9. The molecular formula is C29H30ClN7O. The van der Waals surface area contributed by atoms with Gasteiger partial charge in [-0.2, -0.15) is 0 Å². The number of halogens is 1. The quantitative estimate of drug-likeness (QED) is 0.379. The maximum absolute atomic E-state index is 13.4. The number of carbonyl (C=O) groups excluding carboxylic acids is 1. The summed E-state index contributed by atoms with van der Waals surface area (Å²) in [6.45, 7) is 4.54. The topological polar surface area (TPSA) is 70.4 Å². The van der Waals surface area contributed by atoms with Crippen molar-refractivity contribution >= 4 is 29.0 Å². The predicted octanol–water partition coefficient (Wildman–Crippen LogP) is 4.55. The van der Waals surface area contributed by atoms with Gasteiger partial charge in [0.15, 0.2) is 11.6 Å². The van der Waals surface area contributed by atoms with Gasteiger partial charge in [0.25, 0.3) is 0 Å². The number of anilines is 2. The highest BCUT2D eigenvalue weighted by Gasteiger charge is 2.32. The van der Waals surface area contributed by atoms with Crippen LogP contribution in [-0.2, 0) is 4.79 Å². The molecule has 4 aromatic rings. The van der Waals surface area contributed by atoms with Crippen molar-refractivity contribution in [3.8, 4) is 17.2 Å². The molecule has 0 aliphatic carbocycles. The largest absolute Gasteiger partial charge is 0.367 e. The molecule has 9 heteroatoms. The minimum Gasteiger partial charge on any atom is -0.367 e. The predicted molar refractivity (Wildman–Crippen MR) is 150 cm³/mol. The van der Waals surface area contributed by atoms with Gasteiger partial charge in [0, 0.05) is 57.2 Å². The number of carbonyl (C=O) groups is 1. The average Bonchev–Trinajstić information content (AvgIpc) is 3.48. The summed E-state index contributed by atoms with van der Waals surface area (Å²) in [4.78, 5) is 24.4. The van der Waals surface area contributed by atoms with Crippen LogP contribution < -0.4 is 9.80 Å². The number of para-hydroxylation sites is 1. The highest BCUT2D eigenvalue weighted by molar-refractivity contribution is 6.33. The summed E-state index contributed by atoms with van der Waals surface area (Å²) >= 11 is 6.38. The Morgan fingerprint density at radius 2 is 1.55 bits per heavy atom. The van der Waals surface area contributed by atoms with Gasteiger partial charge in [0.2, 0.25) is 5.91 Å². The molecule has 1 amide bonds. The second-order valence-corrected chi connectivity index (χ2v) is 10.2. The summed E-state index contributed by atoms with van der Waals surface area (Å²) < 4.78 is 1.94. The van der Waals surface area contributed by atoms with Crippen LogP contribution in [0.4, 0.5) is 11.5 Å². The number of hydrogen-bond acceptors (Lipinski definition) is 6. The maximum Gasteiger partial charge on any atom is 0.227 e. The Balaban J connectivity index is 1.09. The van der Waals surface area contributed by atoms with Crippen LogP contribution in [0.25, 0.3) is 17.2 Å². The fourth-order valence-electron chi connectivity index (χ4n) is 5.43. The van der Waals surface area contributed by atoms with E-state index in [9.17, 15) is 4.79 Å². The average molecular weight is 528 g/mol. The van der Waals surface area contributed by atoms with E-state index in [4.69, 9.17) is 11.6 Å². The molecule has 2 fully saturated rings. The van der Waals surface area contributed by atoms with Crippen LogP contribution in [-0.4, -0.2) is 69.8 Å². The number of piperidine rings is 1. The van der Waals surface area contributed by atoms with Crippen molar-refractivity contribution in [1.82, 2.24) is 24.6 Å². The van der Waals surface area contributed by atoms with E-state index < -0.39 is 0 Å². The number of nitrogens with zero attached hydrogens (tertiary/aromatic N) is 7. The van der Waals surface area contributed by atoms with Gasteiger partial charge in [0.05, 0.1) is 16.6 Å². The molecule has 194 valence electrons. The lowest BCUT2D eigenvalue weighted by atomic mass is 9.96. The third-order valence-electron chi connectivity index (χ3n) is 7.44.